The third-order valence-corrected chi connectivity index (χ3v) is 4.14. The first-order valence-corrected chi connectivity index (χ1v) is 9.00. The van der Waals surface area contributed by atoms with Gasteiger partial charge in [-0.15, -0.1) is 0 Å². The molecule has 1 fully saturated rings. The van der Waals surface area contributed by atoms with Crippen LogP contribution >= 0.6 is 0 Å². The van der Waals surface area contributed by atoms with Crippen LogP contribution < -0.4 is 0 Å². The first-order valence-electron chi connectivity index (χ1n) is 9.00. The number of nitrogens with zero attached hydrogens (tertiary/aromatic N) is 3. The van der Waals surface area contributed by atoms with Crippen molar-refractivity contribution in [3.63, 3.8) is 0 Å². The molecule has 0 saturated carbocycles. The molecule has 0 unspecified atom stereocenters. The average Bonchev–Trinajstić information content (AvgIpc) is 2.90. The molecule has 2 rings (SSSR count). The third-order valence-electron chi connectivity index (χ3n) is 4.14. The molecule has 8 heteroatoms. The summed E-state index contributed by atoms with van der Waals surface area (Å²) in [6.45, 7) is 6.18. The van der Waals surface area contributed by atoms with Crippen LogP contribution in [0.1, 0.15) is 25.8 Å². The Bertz CT molecular complexity index is 717. The lowest BCUT2D eigenvalue weighted by Gasteiger charge is -2.21. The highest BCUT2D eigenvalue weighted by Gasteiger charge is 2.22. The lowest BCUT2D eigenvalue weighted by atomic mass is 10.1. The van der Waals surface area contributed by atoms with Gasteiger partial charge in [0.2, 0.25) is 5.91 Å². The molecule has 0 bridgehead atoms. The second-order valence-corrected chi connectivity index (χ2v) is 6.79. The molecule has 0 atom stereocenters. The maximum absolute atomic E-state index is 12.4. The lowest BCUT2D eigenvalue weighted by Crippen LogP contribution is -2.37. The van der Waals surface area contributed by atoms with E-state index in [0.717, 1.165) is 0 Å². The highest BCUT2D eigenvalue weighted by atomic mass is 16.6. The Balaban J connectivity index is 1.94. The summed E-state index contributed by atoms with van der Waals surface area (Å²) in [6.07, 6.45) is 3.10. The van der Waals surface area contributed by atoms with Gasteiger partial charge in [-0.25, -0.2) is 4.79 Å². The fraction of sp³-hybridized carbons (Fsp3) is 0.474. The number of para-hydroxylation sites is 1. The van der Waals surface area contributed by atoms with E-state index in [9.17, 15) is 19.7 Å². The van der Waals surface area contributed by atoms with Gasteiger partial charge in [-0.3, -0.25) is 14.9 Å². The second-order valence-electron chi connectivity index (χ2n) is 6.79. The van der Waals surface area contributed by atoms with Crippen LogP contribution in [0.3, 0.4) is 0 Å². The van der Waals surface area contributed by atoms with Crippen LogP contribution in [0, 0.1) is 16.0 Å². The van der Waals surface area contributed by atoms with Crippen LogP contribution in [0.2, 0.25) is 0 Å². The van der Waals surface area contributed by atoms with E-state index >= 15 is 0 Å². The summed E-state index contributed by atoms with van der Waals surface area (Å²) in [5.41, 5.74) is 0.334. The minimum absolute atomic E-state index is 0.0449. The number of carbonyl (C=O) groups excluding carboxylic acids is 2. The van der Waals surface area contributed by atoms with Gasteiger partial charge in [0, 0.05) is 38.3 Å². The minimum Gasteiger partial charge on any atom is -0.449 e. The van der Waals surface area contributed by atoms with Gasteiger partial charge in [-0.1, -0.05) is 26.0 Å². The van der Waals surface area contributed by atoms with Crippen molar-refractivity contribution < 1.29 is 19.2 Å². The van der Waals surface area contributed by atoms with Gasteiger partial charge in [0.15, 0.2) is 0 Å². The van der Waals surface area contributed by atoms with E-state index in [1.807, 2.05) is 13.8 Å². The molecule has 0 aliphatic carbocycles. The molecular weight excluding hydrogens is 350 g/mol. The van der Waals surface area contributed by atoms with Gasteiger partial charge in [0.1, 0.15) is 0 Å². The molecule has 146 valence electrons. The molecule has 1 heterocycles. The number of nitro benzene ring substituents is 1. The highest BCUT2D eigenvalue weighted by Crippen LogP contribution is 2.19. The van der Waals surface area contributed by atoms with Crippen LogP contribution in [0.5, 0.6) is 0 Å². The van der Waals surface area contributed by atoms with E-state index in [2.05, 4.69) is 0 Å². The summed E-state index contributed by atoms with van der Waals surface area (Å²) in [6, 6.07) is 6.26. The van der Waals surface area contributed by atoms with Crippen LogP contribution in [0.4, 0.5) is 10.5 Å². The molecular formula is C19H25N3O5. The molecule has 0 spiro atoms. The number of rotatable bonds is 5. The predicted octanol–water partition coefficient (Wildman–Crippen LogP) is 2.93. The van der Waals surface area contributed by atoms with Gasteiger partial charge in [-0.2, -0.15) is 0 Å². The van der Waals surface area contributed by atoms with Crippen molar-refractivity contribution in [2.75, 3.05) is 32.8 Å². The van der Waals surface area contributed by atoms with Crippen molar-refractivity contribution in [3.8, 4) is 0 Å². The Morgan fingerprint density at radius 2 is 1.85 bits per heavy atom. The van der Waals surface area contributed by atoms with Crippen molar-refractivity contribution in [1.82, 2.24) is 9.80 Å². The molecule has 2 amide bonds. The number of ether oxygens (including phenoxy) is 1. The van der Waals surface area contributed by atoms with E-state index in [-0.39, 0.29) is 23.6 Å². The molecule has 1 aromatic carbocycles. The van der Waals surface area contributed by atoms with Crippen molar-refractivity contribution in [1.29, 1.82) is 0 Å². The fourth-order valence-corrected chi connectivity index (χ4v) is 2.71. The topological polar surface area (TPSA) is 93.0 Å². The Kier molecular flexibility index (Phi) is 7.34. The lowest BCUT2D eigenvalue weighted by molar-refractivity contribution is -0.385. The van der Waals surface area contributed by atoms with E-state index in [1.165, 1.54) is 18.2 Å². The monoisotopic (exact) mass is 375 g/mol. The molecule has 1 aliphatic rings. The van der Waals surface area contributed by atoms with E-state index in [1.54, 1.807) is 28.0 Å². The third kappa shape index (κ3) is 6.09. The van der Waals surface area contributed by atoms with Crippen molar-refractivity contribution in [2.24, 2.45) is 5.92 Å². The zero-order valence-corrected chi connectivity index (χ0v) is 15.7. The number of nitro groups is 1. The SMILES string of the molecule is CC(C)COC(=O)N1CCCN(C(=O)C=Cc2ccccc2[N+](=O)[O-])CC1. The quantitative estimate of drug-likeness (QED) is 0.448. The Morgan fingerprint density at radius 3 is 2.56 bits per heavy atom. The summed E-state index contributed by atoms with van der Waals surface area (Å²) in [5.74, 6) is 0.0386. The second kappa shape index (κ2) is 9.70. The van der Waals surface area contributed by atoms with Crippen molar-refractivity contribution in [3.05, 3.63) is 46.0 Å². The van der Waals surface area contributed by atoms with Gasteiger partial charge >= 0.3 is 6.09 Å². The number of hydrogen-bond donors (Lipinski definition) is 0. The Hall–Kier alpha value is -2.90. The van der Waals surface area contributed by atoms with Crippen LogP contribution in [-0.4, -0.2) is 59.5 Å². The number of benzene rings is 1. The Morgan fingerprint density at radius 1 is 1.19 bits per heavy atom. The average molecular weight is 375 g/mol. The largest absolute Gasteiger partial charge is 0.449 e. The highest BCUT2D eigenvalue weighted by molar-refractivity contribution is 5.92. The fourth-order valence-electron chi connectivity index (χ4n) is 2.71. The van der Waals surface area contributed by atoms with Gasteiger partial charge < -0.3 is 14.5 Å². The van der Waals surface area contributed by atoms with Crippen molar-refractivity contribution >= 4 is 23.8 Å². The maximum Gasteiger partial charge on any atom is 0.409 e. The number of amides is 2. The van der Waals surface area contributed by atoms with Crippen LogP contribution in [0.15, 0.2) is 30.3 Å². The molecule has 0 radical (unpaired) electrons. The first kappa shape index (κ1) is 20.4. The zero-order chi connectivity index (χ0) is 19.8. The summed E-state index contributed by atoms with van der Waals surface area (Å²) in [7, 11) is 0. The molecule has 1 aromatic rings. The van der Waals surface area contributed by atoms with Crippen LogP contribution in [0.25, 0.3) is 6.08 Å². The van der Waals surface area contributed by atoms with Gasteiger partial charge in [-0.05, 0) is 24.5 Å². The van der Waals surface area contributed by atoms with E-state index in [0.29, 0.717) is 44.8 Å². The number of carbonyl (C=O) groups is 2. The first-order chi connectivity index (χ1) is 12.9. The normalized spacial score (nSPS) is 15.1. The van der Waals surface area contributed by atoms with Crippen LogP contribution in [-0.2, 0) is 9.53 Å². The molecule has 8 nitrogen and oxygen atoms in total. The molecule has 0 N–H and O–H groups in total. The smallest absolute Gasteiger partial charge is 0.409 e. The summed E-state index contributed by atoms with van der Waals surface area (Å²) in [4.78, 5) is 38.3. The Labute approximate surface area is 158 Å². The minimum atomic E-state index is -0.475. The standard InChI is InChI=1S/C19H25N3O5/c1-15(2)14-27-19(24)21-11-5-10-20(12-13-21)18(23)9-8-16-6-3-4-7-17(16)22(25)26/h3-4,6-9,15H,5,10-14H2,1-2H3. The predicted molar refractivity (Wildman–Crippen MR) is 101 cm³/mol. The van der Waals surface area contributed by atoms with Gasteiger partial charge in [0.25, 0.3) is 5.69 Å². The molecule has 1 aliphatic heterocycles. The van der Waals surface area contributed by atoms with E-state index < -0.39 is 4.92 Å². The molecule has 0 aromatic heterocycles. The zero-order valence-electron chi connectivity index (χ0n) is 15.7. The van der Waals surface area contributed by atoms with Gasteiger partial charge in [0.05, 0.1) is 17.1 Å². The summed E-state index contributed by atoms with van der Waals surface area (Å²) >= 11 is 0. The maximum atomic E-state index is 12.4. The molecule has 27 heavy (non-hydrogen) atoms. The van der Waals surface area contributed by atoms with E-state index in [4.69, 9.17) is 4.74 Å². The number of hydrogen-bond acceptors (Lipinski definition) is 5. The summed E-state index contributed by atoms with van der Waals surface area (Å²) in [5, 5.41) is 11.0. The van der Waals surface area contributed by atoms with Crippen molar-refractivity contribution in [2.45, 2.75) is 20.3 Å². The molecule has 1 saturated heterocycles. The summed E-state index contributed by atoms with van der Waals surface area (Å²) < 4.78 is 5.24.